The van der Waals surface area contributed by atoms with Gasteiger partial charge in [-0.15, -0.1) is 12.4 Å². The van der Waals surface area contributed by atoms with Crippen LogP contribution in [0.3, 0.4) is 0 Å². The first-order valence-electron chi connectivity index (χ1n) is 7.28. The fourth-order valence-corrected chi connectivity index (χ4v) is 3.04. The Bertz CT molecular complexity index is 504. The third-order valence-electron chi connectivity index (χ3n) is 4.39. The van der Waals surface area contributed by atoms with Gasteiger partial charge in [0.05, 0.1) is 18.0 Å². The van der Waals surface area contributed by atoms with Crippen LogP contribution in [-0.4, -0.2) is 40.9 Å². The van der Waals surface area contributed by atoms with Crippen molar-refractivity contribution in [3.63, 3.8) is 0 Å². The highest BCUT2D eigenvalue weighted by Gasteiger charge is 2.40. The molecule has 2 heterocycles. The minimum absolute atomic E-state index is 0. The molecule has 0 spiro atoms. The van der Waals surface area contributed by atoms with Crippen molar-refractivity contribution in [2.75, 3.05) is 19.6 Å². The van der Waals surface area contributed by atoms with Crippen LogP contribution >= 0.6 is 12.4 Å². The molecule has 1 saturated heterocycles. The number of hydrogen-bond acceptors (Lipinski definition) is 5. The average Bonchev–Trinajstić information content (AvgIpc) is 2.84. The molecule has 0 bridgehead atoms. The molecule has 126 valence electrons. The van der Waals surface area contributed by atoms with Gasteiger partial charge in [-0.25, -0.2) is 0 Å². The van der Waals surface area contributed by atoms with Crippen molar-refractivity contribution in [1.29, 1.82) is 0 Å². The van der Waals surface area contributed by atoms with Crippen LogP contribution in [0.2, 0.25) is 0 Å². The van der Waals surface area contributed by atoms with Gasteiger partial charge < -0.3 is 10.3 Å². The summed E-state index contributed by atoms with van der Waals surface area (Å²) in [5, 5.41) is 3.93. The molecule has 1 unspecified atom stereocenters. The Morgan fingerprint density at radius 1 is 1.32 bits per heavy atom. The molecule has 0 aromatic carbocycles. The number of nitrogens with zero attached hydrogens (tertiary/aromatic N) is 3. The lowest BCUT2D eigenvalue weighted by molar-refractivity contribution is -0.148. The van der Waals surface area contributed by atoms with E-state index < -0.39 is 18.3 Å². The van der Waals surface area contributed by atoms with Crippen LogP contribution in [0.5, 0.6) is 0 Å². The van der Waals surface area contributed by atoms with Gasteiger partial charge in [0, 0.05) is 6.54 Å². The first-order chi connectivity index (χ1) is 9.86. The van der Waals surface area contributed by atoms with Gasteiger partial charge >= 0.3 is 6.18 Å². The molecular formula is C13H20ClF3N4O. The summed E-state index contributed by atoms with van der Waals surface area (Å²) in [5.74, 6) is 0.788. The van der Waals surface area contributed by atoms with E-state index in [1.54, 1.807) is 0 Å². The zero-order valence-corrected chi connectivity index (χ0v) is 12.9. The minimum Gasteiger partial charge on any atom is -0.339 e. The van der Waals surface area contributed by atoms with Gasteiger partial charge in [0.1, 0.15) is 0 Å². The van der Waals surface area contributed by atoms with Crippen molar-refractivity contribution in [1.82, 2.24) is 15.0 Å². The van der Waals surface area contributed by atoms with Crippen LogP contribution < -0.4 is 5.73 Å². The number of rotatable bonds is 3. The Balaban J connectivity index is 0.00000176. The van der Waals surface area contributed by atoms with Crippen LogP contribution in [-0.2, 0) is 5.54 Å². The molecule has 0 amide bonds. The smallest absolute Gasteiger partial charge is 0.339 e. The lowest BCUT2D eigenvalue weighted by atomic mass is 9.77. The molecule has 5 nitrogen and oxygen atoms in total. The highest BCUT2D eigenvalue weighted by atomic mass is 35.5. The summed E-state index contributed by atoms with van der Waals surface area (Å²) in [6.07, 6.45) is 0.00572. The van der Waals surface area contributed by atoms with E-state index in [0.29, 0.717) is 31.2 Å². The summed E-state index contributed by atoms with van der Waals surface area (Å²) >= 11 is 0. The van der Waals surface area contributed by atoms with Gasteiger partial charge in [0.25, 0.3) is 0 Å². The molecule has 1 aromatic heterocycles. The van der Waals surface area contributed by atoms with Crippen molar-refractivity contribution in [3.8, 4) is 0 Å². The summed E-state index contributed by atoms with van der Waals surface area (Å²) in [6, 6.07) is 0. The van der Waals surface area contributed by atoms with Gasteiger partial charge in [0.2, 0.25) is 5.89 Å². The number of aromatic nitrogens is 2. The molecule has 2 aliphatic rings. The largest absolute Gasteiger partial charge is 0.401 e. The predicted octanol–water partition coefficient (Wildman–Crippen LogP) is 2.57. The second-order valence-electron chi connectivity index (χ2n) is 6.16. The standard InChI is InChI=1S/C13H19F3N4O.ClH/c14-13(15,16)8-20-6-1-3-9(7-20)10-18-11(19-21-10)12(17)4-2-5-12;/h9H,1-8,17H2;1H. The molecule has 1 aliphatic carbocycles. The molecular weight excluding hydrogens is 321 g/mol. The van der Waals surface area contributed by atoms with Gasteiger partial charge in [-0.3, -0.25) is 4.90 Å². The Kier molecular flexibility index (Phi) is 5.03. The number of nitrogens with two attached hydrogens (primary N) is 1. The number of alkyl halides is 3. The zero-order chi connectivity index (χ0) is 15.1. The van der Waals surface area contributed by atoms with E-state index in [1.165, 1.54) is 4.90 Å². The van der Waals surface area contributed by atoms with E-state index in [1.807, 2.05) is 0 Å². The fourth-order valence-electron chi connectivity index (χ4n) is 3.04. The first kappa shape index (κ1) is 17.5. The van der Waals surface area contributed by atoms with E-state index >= 15 is 0 Å². The Labute approximate surface area is 132 Å². The summed E-state index contributed by atoms with van der Waals surface area (Å²) in [5.41, 5.74) is 5.64. The fraction of sp³-hybridized carbons (Fsp3) is 0.846. The third-order valence-corrected chi connectivity index (χ3v) is 4.39. The third kappa shape index (κ3) is 3.72. The van der Waals surface area contributed by atoms with Crippen LogP contribution in [0.15, 0.2) is 4.52 Å². The molecule has 9 heteroatoms. The van der Waals surface area contributed by atoms with Crippen molar-refractivity contribution in [2.24, 2.45) is 5.73 Å². The Morgan fingerprint density at radius 3 is 2.64 bits per heavy atom. The molecule has 1 saturated carbocycles. The lowest BCUT2D eigenvalue weighted by Gasteiger charge is -2.34. The van der Waals surface area contributed by atoms with Crippen LogP contribution in [0, 0.1) is 0 Å². The van der Waals surface area contributed by atoms with Crippen LogP contribution in [0.25, 0.3) is 0 Å². The quantitative estimate of drug-likeness (QED) is 0.916. The maximum Gasteiger partial charge on any atom is 0.401 e. The molecule has 1 aromatic rings. The first-order valence-corrected chi connectivity index (χ1v) is 7.28. The van der Waals surface area contributed by atoms with Gasteiger partial charge in [-0.05, 0) is 38.6 Å². The number of piperidine rings is 1. The lowest BCUT2D eigenvalue weighted by Crippen LogP contribution is -2.44. The second kappa shape index (κ2) is 6.33. The molecule has 0 radical (unpaired) electrons. The Morgan fingerprint density at radius 2 is 2.05 bits per heavy atom. The summed E-state index contributed by atoms with van der Waals surface area (Å²) in [4.78, 5) is 5.75. The van der Waals surface area contributed by atoms with E-state index in [-0.39, 0.29) is 18.3 Å². The van der Waals surface area contributed by atoms with E-state index in [0.717, 1.165) is 25.7 Å². The summed E-state index contributed by atoms with van der Waals surface area (Å²) < 4.78 is 42.7. The highest BCUT2D eigenvalue weighted by molar-refractivity contribution is 5.85. The Hall–Kier alpha value is -0.860. The molecule has 3 rings (SSSR count). The predicted molar refractivity (Wildman–Crippen MR) is 75.7 cm³/mol. The molecule has 22 heavy (non-hydrogen) atoms. The van der Waals surface area contributed by atoms with Crippen LogP contribution in [0.4, 0.5) is 13.2 Å². The minimum atomic E-state index is -4.17. The van der Waals surface area contributed by atoms with Crippen molar-refractivity contribution >= 4 is 12.4 Å². The van der Waals surface area contributed by atoms with E-state index in [2.05, 4.69) is 10.1 Å². The second-order valence-corrected chi connectivity index (χ2v) is 6.16. The number of hydrogen-bond donors (Lipinski definition) is 1. The summed E-state index contributed by atoms with van der Waals surface area (Å²) in [7, 11) is 0. The normalized spacial score (nSPS) is 25.4. The van der Waals surface area contributed by atoms with Crippen LogP contribution in [0.1, 0.15) is 49.7 Å². The van der Waals surface area contributed by atoms with Crippen molar-refractivity contribution < 1.29 is 17.7 Å². The average molecular weight is 341 g/mol. The molecule has 1 aliphatic heterocycles. The van der Waals surface area contributed by atoms with Crippen molar-refractivity contribution in [2.45, 2.75) is 49.7 Å². The molecule has 2 fully saturated rings. The monoisotopic (exact) mass is 340 g/mol. The maximum atomic E-state index is 12.5. The maximum absolute atomic E-state index is 12.5. The van der Waals surface area contributed by atoms with Gasteiger partial charge in [-0.1, -0.05) is 5.16 Å². The topological polar surface area (TPSA) is 68.2 Å². The zero-order valence-electron chi connectivity index (χ0n) is 12.1. The van der Waals surface area contributed by atoms with Gasteiger partial charge in [-0.2, -0.15) is 18.2 Å². The summed E-state index contributed by atoms with van der Waals surface area (Å²) in [6.45, 7) is -0.123. The van der Waals surface area contributed by atoms with Gasteiger partial charge in [0.15, 0.2) is 5.82 Å². The van der Waals surface area contributed by atoms with E-state index in [9.17, 15) is 13.2 Å². The number of likely N-dealkylation sites (tertiary alicyclic amines) is 1. The molecule has 2 N–H and O–H groups in total. The number of halogens is 4. The SMILES string of the molecule is Cl.NC1(c2noc(C3CCCN(CC(F)(F)F)C3)n2)CCC1. The highest BCUT2D eigenvalue weighted by Crippen LogP contribution is 2.38. The molecule has 1 atom stereocenters. The van der Waals surface area contributed by atoms with E-state index in [4.69, 9.17) is 10.3 Å². The van der Waals surface area contributed by atoms with Crippen molar-refractivity contribution in [3.05, 3.63) is 11.7 Å².